The van der Waals surface area contributed by atoms with E-state index in [0.717, 1.165) is 54.9 Å². The highest BCUT2D eigenvalue weighted by Gasteiger charge is 2.22. The second-order valence-electron chi connectivity index (χ2n) is 7.03. The van der Waals surface area contributed by atoms with E-state index in [1.165, 1.54) is 5.56 Å². The van der Waals surface area contributed by atoms with Gasteiger partial charge in [0.25, 0.3) is 5.91 Å². The molecule has 0 saturated carbocycles. The molecule has 2 rings (SSSR count). The van der Waals surface area contributed by atoms with Gasteiger partial charge in [0.2, 0.25) is 0 Å². The van der Waals surface area contributed by atoms with Crippen LogP contribution in [0.3, 0.4) is 0 Å². The average molecular weight is 354 g/mol. The van der Waals surface area contributed by atoms with Gasteiger partial charge in [-0.15, -0.1) is 0 Å². The first kappa shape index (κ1) is 20.2. The Balaban J connectivity index is 2.17. The number of carbonyl (C=O) groups is 1. The molecule has 0 spiro atoms. The molecule has 0 aromatic heterocycles. The molecule has 3 heteroatoms. The second kappa shape index (κ2) is 9.54. The summed E-state index contributed by atoms with van der Waals surface area (Å²) < 4.78 is 1.11. The van der Waals surface area contributed by atoms with E-state index in [9.17, 15) is 4.79 Å². The van der Waals surface area contributed by atoms with Crippen LogP contribution in [0.2, 0.25) is 0 Å². The Labute approximate surface area is 158 Å². The topological polar surface area (TPSA) is 20.3 Å². The summed E-state index contributed by atoms with van der Waals surface area (Å²) in [6.07, 6.45) is 1.00. The monoisotopic (exact) mass is 353 g/mol. The summed E-state index contributed by atoms with van der Waals surface area (Å²) in [5.41, 5.74) is 2.89. The van der Waals surface area contributed by atoms with Gasteiger partial charge in [0.15, 0.2) is 0 Å². The number of aryl methyl sites for hydroxylation is 1. The molecule has 0 aliphatic rings. The summed E-state index contributed by atoms with van der Waals surface area (Å²) in [6.45, 7) is 14.1. The minimum Gasteiger partial charge on any atom is -0.324 e. The van der Waals surface area contributed by atoms with Crippen molar-refractivity contribution in [3.05, 3.63) is 65.7 Å². The van der Waals surface area contributed by atoms with Crippen molar-refractivity contribution in [2.45, 2.75) is 34.1 Å². The lowest BCUT2D eigenvalue weighted by atomic mass is 10.1. The minimum atomic E-state index is 0.0822. The Morgan fingerprint density at radius 3 is 2.00 bits per heavy atom. The molecule has 2 aromatic carbocycles. The number of para-hydroxylation sites is 1. The molecule has 0 radical (unpaired) electrons. The van der Waals surface area contributed by atoms with E-state index in [2.05, 4.69) is 20.8 Å². The van der Waals surface area contributed by atoms with Crippen LogP contribution in [-0.2, 0) is 0 Å². The molecule has 140 valence electrons. The third kappa shape index (κ3) is 4.95. The molecule has 1 amide bonds. The van der Waals surface area contributed by atoms with Crippen molar-refractivity contribution < 1.29 is 9.28 Å². The molecule has 0 heterocycles. The van der Waals surface area contributed by atoms with Gasteiger partial charge >= 0.3 is 0 Å². The number of rotatable bonds is 9. The molecule has 3 nitrogen and oxygen atoms in total. The van der Waals surface area contributed by atoms with Crippen LogP contribution in [0.25, 0.3) is 0 Å². The second-order valence-corrected chi connectivity index (χ2v) is 7.03. The summed E-state index contributed by atoms with van der Waals surface area (Å²) in [5.74, 6) is 0.0822. The van der Waals surface area contributed by atoms with Crippen molar-refractivity contribution in [2.75, 3.05) is 37.6 Å². The van der Waals surface area contributed by atoms with Gasteiger partial charge in [-0.05, 0) is 52.0 Å². The lowest BCUT2D eigenvalue weighted by Crippen LogP contribution is -2.49. The van der Waals surface area contributed by atoms with Crippen LogP contribution in [0.15, 0.2) is 54.6 Å². The van der Waals surface area contributed by atoms with Crippen molar-refractivity contribution in [3.8, 4) is 0 Å². The Kier molecular flexibility index (Phi) is 7.40. The summed E-state index contributed by atoms with van der Waals surface area (Å²) >= 11 is 0. The number of hydrogen-bond donors (Lipinski definition) is 0. The van der Waals surface area contributed by atoms with Crippen LogP contribution < -0.4 is 4.90 Å². The molecule has 0 bridgehead atoms. The summed E-state index contributed by atoms with van der Waals surface area (Å²) in [7, 11) is 0. The highest BCUT2D eigenvalue weighted by Crippen LogP contribution is 2.19. The van der Waals surface area contributed by atoms with Crippen molar-refractivity contribution in [3.63, 3.8) is 0 Å². The molecule has 0 N–H and O–H groups in total. The average Bonchev–Trinajstić information content (AvgIpc) is 2.69. The Hall–Kier alpha value is -2.13. The van der Waals surface area contributed by atoms with E-state index < -0.39 is 0 Å². The van der Waals surface area contributed by atoms with Crippen molar-refractivity contribution in [1.82, 2.24) is 0 Å². The molecule has 0 fully saturated rings. The SMILES string of the molecule is CC[N+](CC)(CC)CCCN(C(=O)c1ccc(C)cc1)c1ccccc1. The zero-order valence-corrected chi connectivity index (χ0v) is 16.7. The molecule has 0 aliphatic carbocycles. The predicted molar refractivity (Wildman–Crippen MR) is 111 cm³/mol. The van der Waals surface area contributed by atoms with E-state index in [1.54, 1.807) is 0 Å². The van der Waals surface area contributed by atoms with Gasteiger partial charge in [-0.2, -0.15) is 0 Å². The summed E-state index contributed by atoms with van der Waals surface area (Å²) in [5, 5.41) is 0. The van der Waals surface area contributed by atoms with Crippen LogP contribution in [0.5, 0.6) is 0 Å². The van der Waals surface area contributed by atoms with Crippen molar-refractivity contribution >= 4 is 11.6 Å². The molecule has 0 unspecified atom stereocenters. The quantitative estimate of drug-likeness (QED) is 0.587. The number of carbonyl (C=O) groups excluding carboxylic acids is 1. The number of benzene rings is 2. The first-order chi connectivity index (χ1) is 12.5. The van der Waals surface area contributed by atoms with Gasteiger partial charge in [-0.3, -0.25) is 4.79 Å². The van der Waals surface area contributed by atoms with Crippen LogP contribution >= 0.6 is 0 Å². The maximum atomic E-state index is 13.1. The fourth-order valence-corrected chi connectivity index (χ4v) is 3.52. The zero-order chi connectivity index (χ0) is 19.0. The molecule has 2 aromatic rings. The first-order valence-corrected chi connectivity index (χ1v) is 9.84. The zero-order valence-electron chi connectivity index (χ0n) is 16.7. The maximum Gasteiger partial charge on any atom is 0.258 e. The predicted octanol–water partition coefficient (Wildman–Crippen LogP) is 4.91. The molecule has 0 aliphatic heterocycles. The Bertz CT molecular complexity index is 667. The molecular formula is C23H33N2O+. The lowest BCUT2D eigenvalue weighted by molar-refractivity contribution is -0.923. The summed E-state index contributed by atoms with van der Waals surface area (Å²) in [6, 6.07) is 17.9. The third-order valence-corrected chi connectivity index (χ3v) is 5.64. The van der Waals surface area contributed by atoms with Gasteiger partial charge < -0.3 is 9.38 Å². The van der Waals surface area contributed by atoms with Crippen LogP contribution in [-0.4, -0.2) is 43.1 Å². The van der Waals surface area contributed by atoms with Crippen LogP contribution in [0.4, 0.5) is 5.69 Å². The minimum absolute atomic E-state index is 0.0822. The normalized spacial score (nSPS) is 11.4. The van der Waals surface area contributed by atoms with Gasteiger partial charge in [0.05, 0.1) is 26.2 Å². The van der Waals surface area contributed by atoms with Gasteiger partial charge in [0.1, 0.15) is 0 Å². The van der Waals surface area contributed by atoms with E-state index in [0.29, 0.717) is 0 Å². The number of hydrogen-bond acceptors (Lipinski definition) is 1. The van der Waals surface area contributed by atoms with Gasteiger partial charge in [0, 0.05) is 24.2 Å². The number of amides is 1. The number of anilines is 1. The first-order valence-electron chi connectivity index (χ1n) is 9.84. The maximum absolute atomic E-state index is 13.1. The van der Waals surface area contributed by atoms with Crippen molar-refractivity contribution in [1.29, 1.82) is 0 Å². The fraction of sp³-hybridized carbons (Fsp3) is 0.435. The van der Waals surface area contributed by atoms with E-state index in [-0.39, 0.29) is 5.91 Å². The number of nitrogens with zero attached hydrogens (tertiary/aromatic N) is 2. The Morgan fingerprint density at radius 1 is 0.885 bits per heavy atom. The standard InChI is InChI=1S/C23H33N2O/c1-5-25(6-2,7-3)19-11-18-24(22-12-9-8-10-13-22)23(26)21-16-14-20(4)15-17-21/h8-10,12-17H,5-7,11,18-19H2,1-4H3/q+1. The van der Waals surface area contributed by atoms with Gasteiger partial charge in [-0.25, -0.2) is 0 Å². The van der Waals surface area contributed by atoms with E-state index in [1.807, 2.05) is 66.4 Å². The fourth-order valence-electron chi connectivity index (χ4n) is 3.52. The van der Waals surface area contributed by atoms with Gasteiger partial charge in [-0.1, -0.05) is 35.9 Å². The highest BCUT2D eigenvalue weighted by molar-refractivity contribution is 6.06. The smallest absolute Gasteiger partial charge is 0.258 e. The molecule has 26 heavy (non-hydrogen) atoms. The molecular weight excluding hydrogens is 320 g/mol. The lowest BCUT2D eigenvalue weighted by Gasteiger charge is -2.36. The number of quaternary nitrogens is 1. The van der Waals surface area contributed by atoms with E-state index >= 15 is 0 Å². The van der Waals surface area contributed by atoms with E-state index in [4.69, 9.17) is 0 Å². The molecule has 0 atom stereocenters. The Morgan fingerprint density at radius 2 is 1.46 bits per heavy atom. The van der Waals surface area contributed by atoms with Crippen LogP contribution in [0, 0.1) is 6.92 Å². The molecule has 0 saturated heterocycles. The highest BCUT2D eigenvalue weighted by atomic mass is 16.2. The summed E-state index contributed by atoms with van der Waals surface area (Å²) in [4.78, 5) is 15.1. The van der Waals surface area contributed by atoms with Crippen molar-refractivity contribution in [2.24, 2.45) is 0 Å². The third-order valence-electron chi connectivity index (χ3n) is 5.64. The van der Waals surface area contributed by atoms with Crippen LogP contribution in [0.1, 0.15) is 43.1 Å². The largest absolute Gasteiger partial charge is 0.324 e.